The number of esters is 1. The Bertz CT molecular complexity index is 389. The molecule has 4 heteroatoms. The van der Waals surface area contributed by atoms with E-state index in [1.807, 2.05) is 26.0 Å². The number of rotatable bonds is 6. The van der Waals surface area contributed by atoms with Gasteiger partial charge in [0.15, 0.2) is 0 Å². The highest BCUT2D eigenvalue weighted by molar-refractivity contribution is 5.69. The number of hydrogen-bond acceptors (Lipinski definition) is 4. The maximum absolute atomic E-state index is 11.4. The van der Waals surface area contributed by atoms with Gasteiger partial charge in [-0.25, -0.2) is 0 Å². The lowest BCUT2D eigenvalue weighted by molar-refractivity contribution is -0.144. The molecule has 1 aromatic carbocycles. The first-order chi connectivity index (χ1) is 8.54. The predicted octanol–water partition coefficient (Wildman–Crippen LogP) is 2.13. The molecule has 0 unspecified atom stereocenters. The minimum Gasteiger partial charge on any atom is -0.507 e. The summed E-state index contributed by atoms with van der Waals surface area (Å²) >= 11 is 0. The van der Waals surface area contributed by atoms with Crippen molar-refractivity contribution in [3.63, 3.8) is 0 Å². The van der Waals surface area contributed by atoms with E-state index in [4.69, 9.17) is 9.47 Å². The molecule has 0 heterocycles. The number of carbonyl (C=O) groups is 1. The number of aryl methyl sites for hydroxylation is 3. The van der Waals surface area contributed by atoms with Crippen molar-refractivity contribution in [3.8, 4) is 5.75 Å². The molecule has 1 rings (SSSR count). The Morgan fingerprint density at radius 1 is 1.22 bits per heavy atom. The summed E-state index contributed by atoms with van der Waals surface area (Å²) in [6, 6.07) is 3.79. The number of methoxy groups -OCH3 is 1. The Labute approximate surface area is 108 Å². The van der Waals surface area contributed by atoms with Gasteiger partial charge in [0, 0.05) is 13.5 Å². The molecule has 0 amide bonds. The lowest BCUT2D eigenvalue weighted by Gasteiger charge is -2.08. The summed E-state index contributed by atoms with van der Waals surface area (Å²) in [5, 5.41) is 9.65. The maximum Gasteiger partial charge on any atom is 0.306 e. The molecule has 0 saturated heterocycles. The number of aromatic hydroxyl groups is 1. The van der Waals surface area contributed by atoms with Gasteiger partial charge < -0.3 is 14.6 Å². The van der Waals surface area contributed by atoms with Gasteiger partial charge in [0.2, 0.25) is 0 Å². The van der Waals surface area contributed by atoms with E-state index < -0.39 is 0 Å². The summed E-state index contributed by atoms with van der Waals surface area (Å²) in [6.45, 7) is 4.41. The first kappa shape index (κ1) is 14.5. The second kappa shape index (κ2) is 7.01. The third-order valence-corrected chi connectivity index (χ3v) is 2.72. The highest BCUT2D eigenvalue weighted by Crippen LogP contribution is 2.23. The van der Waals surface area contributed by atoms with E-state index in [1.54, 1.807) is 7.11 Å². The molecule has 100 valence electrons. The van der Waals surface area contributed by atoms with Crippen molar-refractivity contribution < 1.29 is 19.4 Å². The molecule has 1 N–H and O–H groups in total. The van der Waals surface area contributed by atoms with Crippen LogP contribution in [0.4, 0.5) is 0 Å². The van der Waals surface area contributed by atoms with Crippen LogP contribution in [0.15, 0.2) is 12.1 Å². The molecule has 0 aromatic heterocycles. The molecular weight excluding hydrogens is 232 g/mol. The number of phenolic OH excluding ortho intramolecular Hbond substituents is 1. The van der Waals surface area contributed by atoms with E-state index in [-0.39, 0.29) is 5.97 Å². The van der Waals surface area contributed by atoms with Crippen LogP contribution in [-0.2, 0) is 20.7 Å². The first-order valence-electron chi connectivity index (χ1n) is 5.98. The van der Waals surface area contributed by atoms with Crippen molar-refractivity contribution in [2.24, 2.45) is 0 Å². The number of ether oxygens (including phenoxy) is 2. The van der Waals surface area contributed by atoms with Crippen molar-refractivity contribution >= 4 is 5.97 Å². The summed E-state index contributed by atoms with van der Waals surface area (Å²) < 4.78 is 9.77. The monoisotopic (exact) mass is 252 g/mol. The minimum absolute atomic E-state index is 0.226. The fraction of sp³-hybridized carbons (Fsp3) is 0.500. The molecule has 0 aliphatic carbocycles. The van der Waals surface area contributed by atoms with Gasteiger partial charge >= 0.3 is 5.97 Å². The summed E-state index contributed by atoms with van der Waals surface area (Å²) in [6.07, 6.45) is 0.959. The third-order valence-electron chi connectivity index (χ3n) is 2.72. The Morgan fingerprint density at radius 2 is 1.83 bits per heavy atom. The predicted molar refractivity (Wildman–Crippen MR) is 68.7 cm³/mol. The Morgan fingerprint density at radius 3 is 2.39 bits per heavy atom. The van der Waals surface area contributed by atoms with Gasteiger partial charge in [0.25, 0.3) is 0 Å². The van der Waals surface area contributed by atoms with E-state index in [0.717, 1.165) is 16.7 Å². The van der Waals surface area contributed by atoms with Gasteiger partial charge in [-0.15, -0.1) is 0 Å². The van der Waals surface area contributed by atoms with Crippen LogP contribution in [0.1, 0.15) is 23.1 Å². The lowest BCUT2D eigenvalue weighted by atomic mass is 10.0. The van der Waals surface area contributed by atoms with E-state index in [2.05, 4.69) is 0 Å². The second-order valence-corrected chi connectivity index (χ2v) is 4.29. The van der Waals surface area contributed by atoms with Crippen LogP contribution in [-0.4, -0.2) is 31.4 Å². The third kappa shape index (κ3) is 4.37. The average molecular weight is 252 g/mol. The fourth-order valence-electron chi connectivity index (χ4n) is 1.75. The van der Waals surface area contributed by atoms with Gasteiger partial charge in [-0.3, -0.25) is 4.79 Å². The molecule has 0 radical (unpaired) electrons. The molecule has 0 aliphatic heterocycles. The number of benzene rings is 1. The van der Waals surface area contributed by atoms with Gasteiger partial charge in [0.1, 0.15) is 12.4 Å². The molecule has 4 nitrogen and oxygen atoms in total. The zero-order valence-electron chi connectivity index (χ0n) is 11.2. The van der Waals surface area contributed by atoms with Crippen molar-refractivity contribution in [2.45, 2.75) is 26.7 Å². The normalized spacial score (nSPS) is 10.4. The zero-order valence-corrected chi connectivity index (χ0v) is 11.2. The van der Waals surface area contributed by atoms with E-state index >= 15 is 0 Å². The van der Waals surface area contributed by atoms with E-state index in [9.17, 15) is 9.90 Å². The molecule has 0 saturated carbocycles. The largest absolute Gasteiger partial charge is 0.507 e. The molecule has 18 heavy (non-hydrogen) atoms. The van der Waals surface area contributed by atoms with Crippen LogP contribution < -0.4 is 0 Å². The lowest BCUT2D eigenvalue weighted by Crippen LogP contribution is -2.10. The van der Waals surface area contributed by atoms with E-state index in [1.165, 1.54) is 0 Å². The molecule has 0 aliphatic rings. The molecule has 0 spiro atoms. The van der Waals surface area contributed by atoms with Gasteiger partial charge in [-0.2, -0.15) is 0 Å². The Kier molecular flexibility index (Phi) is 5.65. The van der Waals surface area contributed by atoms with Gasteiger partial charge in [-0.05, 0) is 37.0 Å². The van der Waals surface area contributed by atoms with Crippen LogP contribution in [0.5, 0.6) is 5.75 Å². The van der Waals surface area contributed by atoms with Crippen LogP contribution in [0.3, 0.4) is 0 Å². The standard InChI is InChI=1S/C14H20O4/c1-10-8-12(9-11(2)14(10)16)4-5-13(15)18-7-6-17-3/h8-9,16H,4-7H2,1-3H3. The van der Waals surface area contributed by atoms with Gasteiger partial charge in [0.05, 0.1) is 6.61 Å². The second-order valence-electron chi connectivity index (χ2n) is 4.29. The van der Waals surface area contributed by atoms with E-state index in [0.29, 0.717) is 31.8 Å². The number of phenols is 1. The fourth-order valence-corrected chi connectivity index (χ4v) is 1.75. The Hall–Kier alpha value is -1.55. The quantitative estimate of drug-likeness (QED) is 0.622. The SMILES string of the molecule is COCCOC(=O)CCc1cc(C)c(O)c(C)c1. The number of hydrogen-bond donors (Lipinski definition) is 1. The molecular formula is C14H20O4. The molecule has 0 atom stereocenters. The summed E-state index contributed by atoms with van der Waals surface area (Å²) in [5.41, 5.74) is 2.70. The average Bonchev–Trinajstić information content (AvgIpc) is 2.33. The minimum atomic E-state index is -0.226. The van der Waals surface area contributed by atoms with Crippen molar-refractivity contribution in [3.05, 3.63) is 28.8 Å². The maximum atomic E-state index is 11.4. The molecule has 0 bridgehead atoms. The highest BCUT2D eigenvalue weighted by atomic mass is 16.6. The topological polar surface area (TPSA) is 55.8 Å². The van der Waals surface area contributed by atoms with Crippen LogP contribution >= 0.6 is 0 Å². The van der Waals surface area contributed by atoms with Crippen molar-refractivity contribution in [1.29, 1.82) is 0 Å². The molecule has 0 fully saturated rings. The van der Waals surface area contributed by atoms with Crippen LogP contribution in [0.25, 0.3) is 0 Å². The number of carbonyl (C=O) groups excluding carboxylic acids is 1. The van der Waals surface area contributed by atoms with Crippen molar-refractivity contribution in [1.82, 2.24) is 0 Å². The first-order valence-corrected chi connectivity index (χ1v) is 5.98. The Balaban J connectivity index is 2.46. The summed E-state index contributed by atoms with van der Waals surface area (Å²) in [5.74, 6) is 0.0943. The highest BCUT2D eigenvalue weighted by Gasteiger charge is 2.07. The smallest absolute Gasteiger partial charge is 0.306 e. The summed E-state index contributed by atoms with van der Waals surface area (Å²) in [7, 11) is 1.57. The zero-order chi connectivity index (χ0) is 13.5. The van der Waals surface area contributed by atoms with Crippen molar-refractivity contribution in [2.75, 3.05) is 20.3 Å². The van der Waals surface area contributed by atoms with Crippen LogP contribution in [0, 0.1) is 13.8 Å². The van der Waals surface area contributed by atoms with Gasteiger partial charge in [-0.1, -0.05) is 12.1 Å². The van der Waals surface area contributed by atoms with Crippen LogP contribution in [0.2, 0.25) is 0 Å². The summed E-state index contributed by atoms with van der Waals surface area (Å²) in [4.78, 5) is 11.4. The molecule has 1 aromatic rings.